The Balaban J connectivity index is 1.77. The van der Waals surface area contributed by atoms with E-state index in [2.05, 4.69) is 42.6 Å². The lowest BCUT2D eigenvalue weighted by Crippen LogP contribution is -2.04. The minimum absolute atomic E-state index is 0.00425. The summed E-state index contributed by atoms with van der Waals surface area (Å²) in [5.41, 5.74) is 4.02. The van der Waals surface area contributed by atoms with Gasteiger partial charge in [-0.1, -0.05) is 43.5 Å². The van der Waals surface area contributed by atoms with Crippen LogP contribution in [0.4, 0.5) is 0 Å². The molecule has 1 aliphatic rings. The number of hydrogen-bond acceptors (Lipinski definition) is 1. The van der Waals surface area contributed by atoms with Crippen molar-refractivity contribution in [2.45, 2.75) is 50.3 Å². The molecule has 0 aliphatic heterocycles. The first-order valence-electron chi connectivity index (χ1n) is 7.53. The van der Waals surface area contributed by atoms with E-state index >= 15 is 0 Å². The SMILES string of the molecule is Cc1ccsc1C(Cl)c1ccc(C2CCCCC2)cc1. The molecule has 2 heteroatoms. The van der Waals surface area contributed by atoms with Gasteiger partial charge in [-0.25, -0.2) is 0 Å². The summed E-state index contributed by atoms with van der Waals surface area (Å²) in [6, 6.07) is 11.2. The maximum absolute atomic E-state index is 6.63. The van der Waals surface area contributed by atoms with Crippen LogP contribution in [0.2, 0.25) is 0 Å². The van der Waals surface area contributed by atoms with Gasteiger partial charge >= 0.3 is 0 Å². The molecule has 0 spiro atoms. The van der Waals surface area contributed by atoms with Crippen LogP contribution in [0.25, 0.3) is 0 Å². The highest BCUT2D eigenvalue weighted by atomic mass is 35.5. The van der Waals surface area contributed by atoms with Gasteiger partial charge in [0.15, 0.2) is 0 Å². The standard InChI is InChI=1S/C18H21ClS/c1-13-11-12-20-18(13)17(19)16-9-7-15(8-10-16)14-5-3-2-4-6-14/h7-12,14,17H,2-6H2,1H3. The van der Waals surface area contributed by atoms with Crippen molar-refractivity contribution in [3.63, 3.8) is 0 Å². The molecule has 1 fully saturated rings. The highest BCUT2D eigenvalue weighted by Gasteiger charge is 2.17. The van der Waals surface area contributed by atoms with Gasteiger partial charge in [-0.2, -0.15) is 0 Å². The minimum atomic E-state index is -0.00425. The molecule has 0 amide bonds. The first-order valence-corrected chi connectivity index (χ1v) is 8.85. The van der Waals surface area contributed by atoms with Crippen LogP contribution in [-0.4, -0.2) is 0 Å². The van der Waals surface area contributed by atoms with E-state index in [1.54, 1.807) is 11.3 Å². The molecule has 0 bridgehead atoms. The number of hydrogen-bond donors (Lipinski definition) is 0. The smallest absolute Gasteiger partial charge is 0.0930 e. The number of alkyl halides is 1. The van der Waals surface area contributed by atoms with Crippen LogP contribution in [0.5, 0.6) is 0 Å². The van der Waals surface area contributed by atoms with Gasteiger partial charge in [0.2, 0.25) is 0 Å². The first-order chi connectivity index (χ1) is 9.75. The van der Waals surface area contributed by atoms with Gasteiger partial charge in [0, 0.05) is 4.88 Å². The zero-order valence-corrected chi connectivity index (χ0v) is 13.5. The van der Waals surface area contributed by atoms with Crippen LogP contribution in [0.1, 0.15) is 65.0 Å². The summed E-state index contributed by atoms with van der Waals surface area (Å²) >= 11 is 8.38. The van der Waals surface area contributed by atoms with Crippen molar-refractivity contribution in [2.24, 2.45) is 0 Å². The third-order valence-corrected chi connectivity index (χ3v) is 6.12. The van der Waals surface area contributed by atoms with Crippen LogP contribution in [0.15, 0.2) is 35.7 Å². The summed E-state index contributed by atoms with van der Waals surface area (Å²) in [5, 5.41) is 2.12. The van der Waals surface area contributed by atoms with Crippen LogP contribution in [0, 0.1) is 6.92 Å². The fourth-order valence-electron chi connectivity index (χ4n) is 3.17. The van der Waals surface area contributed by atoms with Gasteiger partial charge in [0.05, 0.1) is 5.38 Å². The minimum Gasteiger partial charge on any atom is -0.147 e. The summed E-state index contributed by atoms with van der Waals surface area (Å²) in [4.78, 5) is 1.28. The summed E-state index contributed by atoms with van der Waals surface area (Å²) < 4.78 is 0. The number of benzene rings is 1. The molecule has 1 aromatic carbocycles. The van der Waals surface area contributed by atoms with E-state index in [0.717, 1.165) is 5.92 Å². The first kappa shape index (κ1) is 14.2. The molecular formula is C18H21ClS. The Hall–Kier alpha value is -0.790. The van der Waals surface area contributed by atoms with Gasteiger partial charge in [-0.05, 0) is 53.8 Å². The van der Waals surface area contributed by atoms with E-state index < -0.39 is 0 Å². The second-order valence-electron chi connectivity index (χ2n) is 5.83. The van der Waals surface area contributed by atoms with Gasteiger partial charge in [0.25, 0.3) is 0 Å². The Labute approximate surface area is 130 Å². The molecular weight excluding hydrogens is 284 g/mol. The van der Waals surface area contributed by atoms with Gasteiger partial charge < -0.3 is 0 Å². The van der Waals surface area contributed by atoms with E-state index in [-0.39, 0.29) is 5.38 Å². The lowest BCUT2D eigenvalue weighted by atomic mass is 9.84. The normalized spacial score (nSPS) is 18.1. The average molecular weight is 305 g/mol. The van der Waals surface area contributed by atoms with Gasteiger partial charge in [-0.3, -0.25) is 0 Å². The Morgan fingerprint density at radius 2 is 1.75 bits per heavy atom. The fraction of sp³-hybridized carbons (Fsp3) is 0.444. The maximum Gasteiger partial charge on any atom is 0.0930 e. The molecule has 1 atom stereocenters. The van der Waals surface area contributed by atoms with Gasteiger partial charge in [-0.15, -0.1) is 22.9 Å². The Morgan fingerprint density at radius 3 is 2.35 bits per heavy atom. The summed E-state index contributed by atoms with van der Waals surface area (Å²) in [6.07, 6.45) is 6.90. The van der Waals surface area contributed by atoms with Crippen LogP contribution < -0.4 is 0 Å². The third-order valence-electron chi connectivity index (χ3n) is 4.44. The van der Waals surface area contributed by atoms with Crippen LogP contribution in [-0.2, 0) is 0 Å². The Kier molecular flexibility index (Phi) is 4.48. The topological polar surface area (TPSA) is 0 Å². The summed E-state index contributed by atoms with van der Waals surface area (Å²) in [6.45, 7) is 2.14. The molecule has 1 aliphatic carbocycles. The van der Waals surface area contributed by atoms with Crippen molar-refractivity contribution >= 4 is 22.9 Å². The molecule has 0 nitrogen and oxygen atoms in total. The Bertz CT molecular complexity index is 549. The van der Waals surface area contributed by atoms with E-state index in [0.29, 0.717) is 0 Å². The number of aryl methyl sites for hydroxylation is 1. The quantitative estimate of drug-likeness (QED) is 0.573. The second-order valence-corrected chi connectivity index (χ2v) is 7.22. The number of thiophene rings is 1. The number of rotatable bonds is 3. The highest BCUT2D eigenvalue weighted by Crippen LogP contribution is 2.37. The molecule has 1 heterocycles. The van der Waals surface area contributed by atoms with Crippen molar-refractivity contribution in [2.75, 3.05) is 0 Å². The number of halogens is 1. The zero-order chi connectivity index (χ0) is 13.9. The lowest BCUT2D eigenvalue weighted by molar-refractivity contribution is 0.443. The van der Waals surface area contributed by atoms with Gasteiger partial charge in [0.1, 0.15) is 0 Å². The summed E-state index contributed by atoms with van der Waals surface area (Å²) in [7, 11) is 0. The molecule has 106 valence electrons. The molecule has 1 saturated carbocycles. The lowest BCUT2D eigenvalue weighted by Gasteiger charge is -2.22. The molecule has 0 N–H and O–H groups in total. The van der Waals surface area contributed by atoms with E-state index in [1.165, 1.54) is 53.7 Å². The highest BCUT2D eigenvalue weighted by molar-refractivity contribution is 7.10. The molecule has 0 saturated heterocycles. The summed E-state index contributed by atoms with van der Waals surface area (Å²) in [5.74, 6) is 0.773. The predicted molar refractivity (Wildman–Crippen MR) is 89.0 cm³/mol. The largest absolute Gasteiger partial charge is 0.147 e. The van der Waals surface area contributed by atoms with E-state index in [1.807, 2.05) is 0 Å². The van der Waals surface area contributed by atoms with E-state index in [4.69, 9.17) is 11.6 Å². The predicted octanol–water partition coefficient (Wildman–Crippen LogP) is 6.43. The maximum atomic E-state index is 6.63. The van der Waals surface area contributed by atoms with Crippen molar-refractivity contribution in [3.8, 4) is 0 Å². The monoisotopic (exact) mass is 304 g/mol. The zero-order valence-electron chi connectivity index (χ0n) is 11.9. The molecule has 0 radical (unpaired) electrons. The molecule has 1 aromatic heterocycles. The van der Waals surface area contributed by atoms with Crippen LogP contribution in [0.3, 0.4) is 0 Å². The van der Waals surface area contributed by atoms with E-state index in [9.17, 15) is 0 Å². The molecule has 20 heavy (non-hydrogen) atoms. The van der Waals surface area contributed by atoms with Crippen molar-refractivity contribution in [1.82, 2.24) is 0 Å². The van der Waals surface area contributed by atoms with Crippen molar-refractivity contribution in [3.05, 3.63) is 57.3 Å². The third kappa shape index (κ3) is 2.94. The average Bonchev–Trinajstić information content (AvgIpc) is 2.94. The Morgan fingerprint density at radius 1 is 1.05 bits per heavy atom. The molecule has 2 aromatic rings. The van der Waals surface area contributed by atoms with Crippen molar-refractivity contribution in [1.29, 1.82) is 0 Å². The van der Waals surface area contributed by atoms with Crippen molar-refractivity contribution < 1.29 is 0 Å². The van der Waals surface area contributed by atoms with Crippen LogP contribution >= 0.6 is 22.9 Å². The fourth-order valence-corrected chi connectivity index (χ4v) is 4.57. The molecule has 3 rings (SSSR count). The molecule has 1 unspecified atom stereocenters. The second kappa shape index (κ2) is 6.32.